The molecule has 0 aromatic carbocycles. The highest BCUT2D eigenvalue weighted by atomic mass is 14.9. The van der Waals surface area contributed by atoms with Gasteiger partial charge in [0.1, 0.15) is 0 Å². The molecule has 0 spiro atoms. The summed E-state index contributed by atoms with van der Waals surface area (Å²) in [6.45, 7) is 17.9. The SMILES string of the molecule is C=C(CCCCCCCCNC)NCCC1(C)C(C)=C(C)C(C)=C1C. The number of unbranched alkanes of at least 4 members (excludes halogenated alkanes) is 5. The Bertz CT molecular complexity index is 472. The minimum absolute atomic E-state index is 0.231. The molecule has 0 amide bonds. The number of rotatable bonds is 13. The van der Waals surface area contributed by atoms with E-state index in [1.807, 2.05) is 7.05 Å². The second kappa shape index (κ2) is 10.9. The molecular weight excluding hydrogens is 304 g/mol. The van der Waals surface area contributed by atoms with Gasteiger partial charge in [0.2, 0.25) is 0 Å². The van der Waals surface area contributed by atoms with E-state index in [1.54, 1.807) is 11.1 Å². The van der Waals surface area contributed by atoms with Gasteiger partial charge < -0.3 is 10.6 Å². The van der Waals surface area contributed by atoms with Gasteiger partial charge in [0.15, 0.2) is 0 Å². The molecule has 0 aromatic heterocycles. The predicted molar refractivity (Wildman–Crippen MR) is 113 cm³/mol. The summed E-state index contributed by atoms with van der Waals surface area (Å²) in [6, 6.07) is 0. The number of hydrogen-bond donors (Lipinski definition) is 2. The van der Waals surface area contributed by atoms with E-state index in [0.717, 1.165) is 25.9 Å². The molecular formula is C23H42N2. The van der Waals surface area contributed by atoms with Gasteiger partial charge in [-0.1, -0.05) is 50.3 Å². The average molecular weight is 347 g/mol. The van der Waals surface area contributed by atoms with E-state index in [2.05, 4.69) is 51.8 Å². The van der Waals surface area contributed by atoms with Crippen molar-refractivity contribution in [2.45, 2.75) is 86.0 Å². The molecule has 0 atom stereocenters. The van der Waals surface area contributed by atoms with Gasteiger partial charge in [-0.05, 0) is 78.1 Å². The van der Waals surface area contributed by atoms with Crippen molar-refractivity contribution in [3.8, 4) is 0 Å². The van der Waals surface area contributed by atoms with Gasteiger partial charge in [0.05, 0.1) is 0 Å². The summed E-state index contributed by atoms with van der Waals surface area (Å²) in [6.07, 6.45) is 10.3. The smallest absolute Gasteiger partial charge is 0.0155 e. The first-order chi connectivity index (χ1) is 11.8. The Balaban J connectivity index is 2.17. The second-order valence-electron chi connectivity index (χ2n) is 8.09. The van der Waals surface area contributed by atoms with Gasteiger partial charge >= 0.3 is 0 Å². The molecule has 1 rings (SSSR count). The molecule has 1 aliphatic carbocycles. The average Bonchev–Trinajstić information content (AvgIpc) is 2.73. The van der Waals surface area contributed by atoms with Crippen LogP contribution in [0.2, 0.25) is 0 Å². The van der Waals surface area contributed by atoms with Crippen LogP contribution in [0.5, 0.6) is 0 Å². The minimum Gasteiger partial charge on any atom is -0.389 e. The Kier molecular flexibility index (Phi) is 9.56. The summed E-state index contributed by atoms with van der Waals surface area (Å²) in [5, 5.41) is 6.79. The minimum atomic E-state index is 0.231. The number of hydrogen-bond acceptors (Lipinski definition) is 2. The zero-order valence-electron chi connectivity index (χ0n) is 17.8. The van der Waals surface area contributed by atoms with Crippen LogP contribution in [0.3, 0.4) is 0 Å². The van der Waals surface area contributed by atoms with Crippen LogP contribution in [0, 0.1) is 5.41 Å². The molecule has 0 saturated carbocycles. The molecule has 1 aliphatic rings. The van der Waals surface area contributed by atoms with Crippen LogP contribution in [0.1, 0.15) is 86.0 Å². The first-order valence-corrected chi connectivity index (χ1v) is 10.3. The van der Waals surface area contributed by atoms with Crippen LogP contribution in [0.25, 0.3) is 0 Å². The topological polar surface area (TPSA) is 24.1 Å². The van der Waals surface area contributed by atoms with Crippen molar-refractivity contribution in [3.05, 3.63) is 34.6 Å². The van der Waals surface area contributed by atoms with Crippen LogP contribution in [-0.2, 0) is 0 Å². The fourth-order valence-corrected chi connectivity index (χ4v) is 3.97. The molecule has 2 N–H and O–H groups in total. The van der Waals surface area contributed by atoms with E-state index in [1.165, 1.54) is 55.4 Å². The van der Waals surface area contributed by atoms with Crippen molar-refractivity contribution in [1.82, 2.24) is 10.6 Å². The third-order valence-electron chi connectivity index (χ3n) is 6.50. The lowest BCUT2D eigenvalue weighted by molar-refractivity contribution is 0.434. The third-order valence-corrected chi connectivity index (χ3v) is 6.50. The zero-order chi connectivity index (χ0) is 18.9. The van der Waals surface area contributed by atoms with Crippen molar-refractivity contribution in [2.24, 2.45) is 5.41 Å². The van der Waals surface area contributed by atoms with E-state index in [9.17, 15) is 0 Å². The van der Waals surface area contributed by atoms with Crippen molar-refractivity contribution in [1.29, 1.82) is 0 Å². The molecule has 0 radical (unpaired) electrons. The molecule has 25 heavy (non-hydrogen) atoms. The lowest BCUT2D eigenvalue weighted by atomic mass is 9.76. The highest BCUT2D eigenvalue weighted by Gasteiger charge is 2.35. The Morgan fingerprint density at radius 2 is 1.36 bits per heavy atom. The molecule has 0 aromatic rings. The highest BCUT2D eigenvalue weighted by Crippen LogP contribution is 2.48. The predicted octanol–water partition coefficient (Wildman–Crippen LogP) is 6.12. The summed E-state index contributed by atoms with van der Waals surface area (Å²) in [7, 11) is 2.03. The Morgan fingerprint density at radius 3 is 1.92 bits per heavy atom. The number of nitrogens with one attached hydrogen (secondary N) is 2. The van der Waals surface area contributed by atoms with Gasteiger partial charge in [-0.3, -0.25) is 0 Å². The molecule has 2 nitrogen and oxygen atoms in total. The van der Waals surface area contributed by atoms with Crippen molar-refractivity contribution in [3.63, 3.8) is 0 Å². The van der Waals surface area contributed by atoms with E-state index in [-0.39, 0.29) is 5.41 Å². The van der Waals surface area contributed by atoms with Crippen molar-refractivity contribution in [2.75, 3.05) is 20.1 Å². The van der Waals surface area contributed by atoms with Crippen LogP contribution < -0.4 is 10.6 Å². The lowest BCUT2D eigenvalue weighted by Gasteiger charge is -2.29. The Labute approximate surface area is 157 Å². The standard InChI is InChI=1S/C23H42N2/c1-18(14-12-10-8-9-11-13-16-24-7)25-17-15-23(6)21(4)19(2)20(3)22(23)5/h24-25H,1,8-17H2,2-7H3. The Morgan fingerprint density at radius 1 is 0.840 bits per heavy atom. The lowest BCUT2D eigenvalue weighted by Crippen LogP contribution is -2.25. The van der Waals surface area contributed by atoms with Crippen LogP contribution in [0.4, 0.5) is 0 Å². The molecule has 0 unspecified atom stereocenters. The van der Waals surface area contributed by atoms with Crippen LogP contribution >= 0.6 is 0 Å². The molecule has 2 heteroatoms. The molecule has 0 heterocycles. The monoisotopic (exact) mass is 346 g/mol. The number of allylic oxidation sites excluding steroid dienone is 5. The van der Waals surface area contributed by atoms with Crippen LogP contribution in [-0.4, -0.2) is 20.1 Å². The zero-order valence-corrected chi connectivity index (χ0v) is 17.8. The van der Waals surface area contributed by atoms with Gasteiger partial charge in [0.25, 0.3) is 0 Å². The van der Waals surface area contributed by atoms with Gasteiger partial charge in [0, 0.05) is 17.7 Å². The summed E-state index contributed by atoms with van der Waals surface area (Å²) in [5.41, 5.74) is 7.53. The Hall–Kier alpha value is -1.02. The summed E-state index contributed by atoms with van der Waals surface area (Å²) < 4.78 is 0. The molecule has 144 valence electrons. The van der Waals surface area contributed by atoms with Crippen molar-refractivity contribution < 1.29 is 0 Å². The van der Waals surface area contributed by atoms with Gasteiger partial charge in [-0.15, -0.1) is 0 Å². The molecule has 0 aliphatic heterocycles. The fourth-order valence-electron chi connectivity index (χ4n) is 3.97. The van der Waals surface area contributed by atoms with E-state index in [0.29, 0.717) is 0 Å². The van der Waals surface area contributed by atoms with Gasteiger partial charge in [-0.25, -0.2) is 0 Å². The highest BCUT2D eigenvalue weighted by molar-refractivity contribution is 5.49. The fraction of sp³-hybridized carbons (Fsp3) is 0.739. The maximum Gasteiger partial charge on any atom is 0.0155 e. The summed E-state index contributed by atoms with van der Waals surface area (Å²) in [5.74, 6) is 0. The molecule has 0 bridgehead atoms. The molecule has 0 saturated heterocycles. The first kappa shape index (κ1) is 22.0. The quantitative estimate of drug-likeness (QED) is 0.392. The third kappa shape index (κ3) is 6.33. The van der Waals surface area contributed by atoms with E-state index in [4.69, 9.17) is 0 Å². The maximum absolute atomic E-state index is 4.22. The van der Waals surface area contributed by atoms with E-state index < -0.39 is 0 Å². The summed E-state index contributed by atoms with van der Waals surface area (Å²) >= 11 is 0. The van der Waals surface area contributed by atoms with Crippen molar-refractivity contribution >= 4 is 0 Å². The second-order valence-corrected chi connectivity index (χ2v) is 8.09. The molecule has 0 fully saturated rings. The maximum atomic E-state index is 4.22. The largest absolute Gasteiger partial charge is 0.389 e. The normalized spacial score (nSPS) is 16.7. The van der Waals surface area contributed by atoms with Crippen LogP contribution in [0.15, 0.2) is 34.6 Å². The van der Waals surface area contributed by atoms with Gasteiger partial charge in [-0.2, -0.15) is 0 Å². The summed E-state index contributed by atoms with van der Waals surface area (Å²) in [4.78, 5) is 0. The van der Waals surface area contributed by atoms with E-state index >= 15 is 0 Å². The first-order valence-electron chi connectivity index (χ1n) is 10.3.